The first-order chi connectivity index (χ1) is 6.22. The second-order valence-corrected chi connectivity index (χ2v) is 4.74. The molecule has 0 aliphatic carbocycles. The summed E-state index contributed by atoms with van der Waals surface area (Å²) in [4.78, 5) is 0. The van der Waals surface area contributed by atoms with E-state index < -0.39 is 0 Å². The van der Waals surface area contributed by atoms with Gasteiger partial charge in [0.05, 0.1) is 11.3 Å². The van der Waals surface area contributed by atoms with E-state index in [4.69, 9.17) is 5.11 Å². The van der Waals surface area contributed by atoms with Crippen molar-refractivity contribution in [1.82, 2.24) is 0 Å². The van der Waals surface area contributed by atoms with Crippen molar-refractivity contribution in [3.63, 3.8) is 0 Å². The van der Waals surface area contributed by atoms with E-state index >= 15 is 0 Å². The van der Waals surface area contributed by atoms with Gasteiger partial charge < -0.3 is 5.11 Å². The fourth-order valence-electron chi connectivity index (χ4n) is 1.21. The first kappa shape index (κ1) is 9.36. The van der Waals surface area contributed by atoms with Crippen molar-refractivity contribution < 1.29 is 9.50 Å². The van der Waals surface area contributed by atoms with E-state index in [1.165, 1.54) is 17.4 Å². The molecule has 0 fully saturated rings. The molecule has 0 amide bonds. The number of fused-ring (bicyclic) bond motifs is 1. The molecular formula is C9H6FIOS. The lowest BCUT2D eigenvalue weighted by Gasteiger charge is -1.98. The normalized spacial score (nSPS) is 11.0. The molecule has 0 spiro atoms. The van der Waals surface area contributed by atoms with Crippen LogP contribution in [0.3, 0.4) is 0 Å². The van der Waals surface area contributed by atoms with Gasteiger partial charge in [0.25, 0.3) is 0 Å². The van der Waals surface area contributed by atoms with Crippen molar-refractivity contribution in [3.05, 3.63) is 32.5 Å². The predicted octanol–water partition coefficient (Wildman–Crippen LogP) is 3.14. The first-order valence-corrected chi connectivity index (χ1v) is 5.64. The van der Waals surface area contributed by atoms with Gasteiger partial charge in [0.15, 0.2) is 0 Å². The molecule has 0 unspecified atom stereocenters. The summed E-state index contributed by atoms with van der Waals surface area (Å²) in [6.07, 6.45) is 0. The number of aliphatic hydroxyl groups excluding tert-OH is 1. The maximum atomic E-state index is 13.3. The molecule has 0 saturated heterocycles. The molecule has 1 nitrogen and oxygen atoms in total. The smallest absolute Gasteiger partial charge is 0.141 e. The van der Waals surface area contributed by atoms with E-state index in [-0.39, 0.29) is 12.4 Å². The van der Waals surface area contributed by atoms with Gasteiger partial charge in [0, 0.05) is 14.3 Å². The Bertz CT molecular complexity index is 452. The Morgan fingerprint density at radius 1 is 1.46 bits per heavy atom. The highest BCUT2D eigenvalue weighted by Crippen LogP contribution is 2.30. The van der Waals surface area contributed by atoms with E-state index in [0.717, 1.165) is 8.96 Å². The van der Waals surface area contributed by atoms with Crippen LogP contribution in [0.2, 0.25) is 0 Å². The van der Waals surface area contributed by atoms with Gasteiger partial charge in [-0.05, 0) is 40.3 Å². The molecule has 1 N–H and O–H groups in total. The molecular weight excluding hydrogens is 302 g/mol. The van der Waals surface area contributed by atoms with Crippen LogP contribution in [-0.2, 0) is 6.61 Å². The SMILES string of the molecule is OCc1cc(F)c2scc(I)c2c1. The minimum Gasteiger partial charge on any atom is -0.392 e. The maximum absolute atomic E-state index is 13.3. The van der Waals surface area contributed by atoms with Gasteiger partial charge in [0.2, 0.25) is 0 Å². The Balaban J connectivity index is 2.80. The van der Waals surface area contributed by atoms with Crippen LogP contribution >= 0.6 is 33.9 Å². The lowest BCUT2D eigenvalue weighted by molar-refractivity contribution is 0.281. The standard InChI is InChI=1S/C9H6FIOS/c10-7-2-5(3-12)1-6-8(11)4-13-9(6)7/h1-2,4,12H,3H2. The Morgan fingerprint density at radius 2 is 2.23 bits per heavy atom. The number of aliphatic hydroxyl groups is 1. The average molecular weight is 308 g/mol. The van der Waals surface area contributed by atoms with Crippen molar-refractivity contribution in [2.45, 2.75) is 6.61 Å². The van der Waals surface area contributed by atoms with Gasteiger partial charge >= 0.3 is 0 Å². The molecule has 13 heavy (non-hydrogen) atoms. The van der Waals surface area contributed by atoms with E-state index in [2.05, 4.69) is 22.6 Å². The third kappa shape index (κ3) is 1.58. The Hall–Kier alpha value is -0.200. The van der Waals surface area contributed by atoms with E-state index in [1.807, 2.05) is 11.4 Å². The second kappa shape index (κ2) is 3.51. The number of hydrogen-bond donors (Lipinski definition) is 1. The van der Waals surface area contributed by atoms with Crippen molar-refractivity contribution in [3.8, 4) is 0 Å². The third-order valence-electron chi connectivity index (χ3n) is 1.82. The third-order valence-corrected chi connectivity index (χ3v) is 4.14. The fourth-order valence-corrected chi connectivity index (χ4v) is 3.02. The Morgan fingerprint density at radius 3 is 2.92 bits per heavy atom. The van der Waals surface area contributed by atoms with E-state index in [0.29, 0.717) is 10.3 Å². The first-order valence-electron chi connectivity index (χ1n) is 3.68. The fraction of sp³-hybridized carbons (Fsp3) is 0.111. The minimum atomic E-state index is -0.241. The summed E-state index contributed by atoms with van der Waals surface area (Å²) in [6, 6.07) is 3.21. The van der Waals surface area contributed by atoms with Crippen LogP contribution in [-0.4, -0.2) is 5.11 Å². The topological polar surface area (TPSA) is 20.2 Å². The van der Waals surface area contributed by atoms with Crippen molar-refractivity contribution in [2.75, 3.05) is 0 Å². The van der Waals surface area contributed by atoms with E-state index in [1.54, 1.807) is 0 Å². The molecule has 0 aliphatic rings. The van der Waals surface area contributed by atoms with E-state index in [9.17, 15) is 4.39 Å². The van der Waals surface area contributed by atoms with Crippen LogP contribution in [0.4, 0.5) is 4.39 Å². The highest BCUT2D eigenvalue weighted by molar-refractivity contribution is 14.1. The summed E-state index contributed by atoms with van der Waals surface area (Å²) in [5, 5.41) is 11.7. The molecule has 0 radical (unpaired) electrons. The molecule has 1 heterocycles. The van der Waals surface area contributed by atoms with Gasteiger partial charge in [-0.1, -0.05) is 0 Å². The molecule has 0 atom stereocenters. The van der Waals surface area contributed by atoms with Crippen molar-refractivity contribution in [1.29, 1.82) is 0 Å². The van der Waals surface area contributed by atoms with Gasteiger partial charge in [-0.3, -0.25) is 0 Å². The zero-order chi connectivity index (χ0) is 9.42. The number of rotatable bonds is 1. The molecule has 2 aromatic rings. The number of thiophene rings is 1. The second-order valence-electron chi connectivity index (χ2n) is 2.70. The zero-order valence-corrected chi connectivity index (χ0v) is 9.52. The molecule has 0 saturated carbocycles. The largest absolute Gasteiger partial charge is 0.392 e. The lowest BCUT2D eigenvalue weighted by Crippen LogP contribution is -1.85. The summed E-state index contributed by atoms with van der Waals surface area (Å²) in [5.74, 6) is -0.241. The average Bonchev–Trinajstić information content (AvgIpc) is 2.48. The number of halogens is 2. The minimum absolute atomic E-state index is 0.112. The Kier molecular flexibility index (Phi) is 2.53. The molecule has 1 aromatic heterocycles. The summed E-state index contributed by atoms with van der Waals surface area (Å²) < 4.78 is 15.0. The molecule has 68 valence electrons. The van der Waals surface area contributed by atoms with Crippen LogP contribution < -0.4 is 0 Å². The maximum Gasteiger partial charge on any atom is 0.141 e. The van der Waals surface area contributed by atoms with Crippen LogP contribution in [0.1, 0.15) is 5.56 Å². The van der Waals surface area contributed by atoms with Crippen LogP contribution in [0, 0.1) is 9.39 Å². The molecule has 1 aromatic carbocycles. The van der Waals surface area contributed by atoms with Crippen molar-refractivity contribution in [2.24, 2.45) is 0 Å². The summed E-state index contributed by atoms with van der Waals surface area (Å²) in [7, 11) is 0. The quantitative estimate of drug-likeness (QED) is 0.803. The zero-order valence-electron chi connectivity index (χ0n) is 6.55. The monoisotopic (exact) mass is 308 g/mol. The van der Waals surface area contributed by atoms with Crippen LogP contribution in [0.25, 0.3) is 10.1 Å². The Labute approximate surface area is 92.3 Å². The van der Waals surface area contributed by atoms with Crippen LogP contribution in [0.15, 0.2) is 17.5 Å². The molecule has 0 bridgehead atoms. The van der Waals surface area contributed by atoms with Gasteiger partial charge in [0.1, 0.15) is 5.82 Å². The highest BCUT2D eigenvalue weighted by atomic mass is 127. The lowest BCUT2D eigenvalue weighted by atomic mass is 10.2. The predicted molar refractivity (Wildman–Crippen MR) is 60.4 cm³/mol. The summed E-state index contributed by atoms with van der Waals surface area (Å²) in [6.45, 7) is -0.112. The van der Waals surface area contributed by atoms with Crippen molar-refractivity contribution >= 4 is 44.0 Å². The molecule has 4 heteroatoms. The number of hydrogen-bond acceptors (Lipinski definition) is 2. The van der Waals surface area contributed by atoms with Gasteiger partial charge in [-0.2, -0.15) is 0 Å². The summed E-state index contributed by atoms with van der Waals surface area (Å²) in [5.41, 5.74) is 0.626. The van der Waals surface area contributed by atoms with Crippen LogP contribution in [0.5, 0.6) is 0 Å². The molecule has 2 rings (SSSR count). The van der Waals surface area contributed by atoms with Gasteiger partial charge in [-0.15, -0.1) is 11.3 Å². The van der Waals surface area contributed by atoms with Gasteiger partial charge in [-0.25, -0.2) is 4.39 Å². The summed E-state index contributed by atoms with van der Waals surface area (Å²) >= 11 is 3.56. The molecule has 0 aliphatic heterocycles. The highest BCUT2D eigenvalue weighted by Gasteiger charge is 2.07. The number of benzene rings is 1.